The molecule has 0 aliphatic carbocycles. The van der Waals surface area contributed by atoms with Crippen molar-refractivity contribution in [2.24, 2.45) is 5.92 Å². The van der Waals surface area contributed by atoms with E-state index in [1.165, 1.54) is 0 Å². The highest BCUT2D eigenvalue weighted by molar-refractivity contribution is 6.10. The molecule has 0 radical (unpaired) electrons. The standard InChI is InChI=1S/C18H15N3O2/c1-11-10-21-15-8-7-13(16(22)12-5-3-2-4-6-12)9-14(15)19-18(21)20-17(11)23/h2-9,11H,10H2,1H3,(H,19,20,23). The highest BCUT2D eigenvalue weighted by Gasteiger charge is 2.25. The van der Waals surface area contributed by atoms with Gasteiger partial charge in [-0.15, -0.1) is 0 Å². The average molecular weight is 305 g/mol. The molecule has 1 unspecified atom stereocenters. The third-order valence-corrected chi connectivity index (χ3v) is 4.19. The highest BCUT2D eigenvalue weighted by atomic mass is 16.2. The number of imidazole rings is 1. The molecule has 0 saturated carbocycles. The van der Waals surface area contributed by atoms with E-state index >= 15 is 0 Å². The Morgan fingerprint density at radius 2 is 1.96 bits per heavy atom. The normalized spacial score (nSPS) is 16.9. The summed E-state index contributed by atoms with van der Waals surface area (Å²) in [6, 6.07) is 14.7. The number of carbonyl (C=O) groups is 2. The van der Waals surface area contributed by atoms with Gasteiger partial charge in [0, 0.05) is 17.7 Å². The average Bonchev–Trinajstić information content (AvgIpc) is 2.92. The first-order chi connectivity index (χ1) is 11.1. The monoisotopic (exact) mass is 305 g/mol. The van der Waals surface area contributed by atoms with Crippen LogP contribution >= 0.6 is 0 Å². The van der Waals surface area contributed by atoms with Crippen LogP contribution in [-0.4, -0.2) is 21.2 Å². The van der Waals surface area contributed by atoms with Gasteiger partial charge in [0.2, 0.25) is 11.9 Å². The van der Waals surface area contributed by atoms with Crippen LogP contribution in [0.4, 0.5) is 5.95 Å². The van der Waals surface area contributed by atoms with E-state index < -0.39 is 0 Å². The van der Waals surface area contributed by atoms with Gasteiger partial charge in [-0.1, -0.05) is 37.3 Å². The fraction of sp³-hybridized carbons (Fsp3) is 0.167. The van der Waals surface area contributed by atoms with Gasteiger partial charge in [0.25, 0.3) is 0 Å². The van der Waals surface area contributed by atoms with Crippen molar-refractivity contribution >= 4 is 28.7 Å². The van der Waals surface area contributed by atoms with E-state index in [0.29, 0.717) is 23.6 Å². The van der Waals surface area contributed by atoms with Crippen molar-refractivity contribution in [2.45, 2.75) is 13.5 Å². The van der Waals surface area contributed by atoms with Gasteiger partial charge in [-0.05, 0) is 18.2 Å². The Labute approximate surface area is 133 Å². The van der Waals surface area contributed by atoms with Crippen molar-refractivity contribution in [3.8, 4) is 0 Å². The summed E-state index contributed by atoms with van der Waals surface area (Å²) in [6.07, 6.45) is 0. The van der Waals surface area contributed by atoms with Crippen LogP contribution in [0.3, 0.4) is 0 Å². The van der Waals surface area contributed by atoms with Crippen LogP contribution in [0.2, 0.25) is 0 Å². The molecule has 114 valence electrons. The van der Waals surface area contributed by atoms with Crippen LogP contribution in [0.25, 0.3) is 11.0 Å². The van der Waals surface area contributed by atoms with Crippen LogP contribution in [-0.2, 0) is 11.3 Å². The lowest BCUT2D eigenvalue weighted by Crippen LogP contribution is -2.31. The Kier molecular flexibility index (Phi) is 3.01. The summed E-state index contributed by atoms with van der Waals surface area (Å²) < 4.78 is 1.98. The molecule has 1 aliphatic heterocycles. The van der Waals surface area contributed by atoms with E-state index in [2.05, 4.69) is 10.3 Å². The molecule has 4 rings (SSSR count). The number of benzene rings is 2. The summed E-state index contributed by atoms with van der Waals surface area (Å²) in [5, 5.41) is 2.81. The third-order valence-electron chi connectivity index (χ3n) is 4.19. The van der Waals surface area contributed by atoms with Gasteiger partial charge < -0.3 is 4.57 Å². The number of aromatic nitrogens is 2. The zero-order valence-corrected chi connectivity index (χ0v) is 12.6. The van der Waals surface area contributed by atoms with E-state index in [0.717, 1.165) is 11.0 Å². The molecule has 1 atom stereocenters. The van der Waals surface area contributed by atoms with Crippen LogP contribution < -0.4 is 5.32 Å². The molecule has 23 heavy (non-hydrogen) atoms. The minimum Gasteiger partial charge on any atom is -0.309 e. The van der Waals surface area contributed by atoms with Gasteiger partial charge in [0.05, 0.1) is 17.0 Å². The second kappa shape index (κ2) is 5.05. The molecule has 2 heterocycles. The fourth-order valence-electron chi connectivity index (χ4n) is 2.90. The van der Waals surface area contributed by atoms with E-state index in [9.17, 15) is 9.59 Å². The zero-order chi connectivity index (χ0) is 16.0. The summed E-state index contributed by atoms with van der Waals surface area (Å²) in [5.41, 5.74) is 2.89. The molecule has 1 amide bonds. The van der Waals surface area contributed by atoms with Gasteiger partial charge in [0.1, 0.15) is 0 Å². The molecule has 2 aromatic carbocycles. The molecule has 0 saturated heterocycles. The highest BCUT2D eigenvalue weighted by Crippen LogP contribution is 2.26. The Hall–Kier alpha value is -2.95. The first kappa shape index (κ1) is 13.7. The lowest BCUT2D eigenvalue weighted by atomic mass is 10.0. The van der Waals surface area contributed by atoms with Crippen molar-refractivity contribution < 1.29 is 9.59 Å². The zero-order valence-electron chi connectivity index (χ0n) is 12.6. The van der Waals surface area contributed by atoms with Crippen LogP contribution in [0.1, 0.15) is 22.8 Å². The van der Waals surface area contributed by atoms with Crippen molar-refractivity contribution in [3.63, 3.8) is 0 Å². The molecule has 1 aromatic heterocycles. The summed E-state index contributed by atoms with van der Waals surface area (Å²) in [6.45, 7) is 2.49. The van der Waals surface area contributed by atoms with Crippen molar-refractivity contribution in [1.29, 1.82) is 0 Å². The van der Waals surface area contributed by atoms with Crippen LogP contribution in [0.15, 0.2) is 48.5 Å². The SMILES string of the molecule is CC1Cn2c(nc3cc(C(=O)c4ccccc4)ccc32)NC1=O. The number of hydrogen-bond acceptors (Lipinski definition) is 3. The van der Waals surface area contributed by atoms with E-state index in [1.807, 2.05) is 41.8 Å². The number of ketones is 1. The molecule has 0 spiro atoms. The summed E-state index contributed by atoms with van der Waals surface area (Å²) >= 11 is 0. The van der Waals surface area contributed by atoms with Crippen LogP contribution in [0, 0.1) is 5.92 Å². The Balaban J connectivity index is 1.78. The summed E-state index contributed by atoms with van der Waals surface area (Å²) in [7, 11) is 0. The van der Waals surface area contributed by atoms with Crippen molar-refractivity contribution in [3.05, 3.63) is 59.7 Å². The summed E-state index contributed by atoms with van der Waals surface area (Å²) in [4.78, 5) is 28.8. The van der Waals surface area contributed by atoms with Gasteiger partial charge in [-0.3, -0.25) is 14.9 Å². The minimum absolute atomic E-state index is 0.0200. The van der Waals surface area contributed by atoms with Gasteiger partial charge in [-0.25, -0.2) is 4.98 Å². The molecule has 1 aliphatic rings. The molecule has 5 heteroatoms. The largest absolute Gasteiger partial charge is 0.309 e. The number of amides is 1. The second-order valence-electron chi connectivity index (χ2n) is 5.83. The van der Waals surface area contributed by atoms with E-state index in [4.69, 9.17) is 0 Å². The van der Waals surface area contributed by atoms with Crippen LogP contribution in [0.5, 0.6) is 0 Å². The van der Waals surface area contributed by atoms with E-state index in [-0.39, 0.29) is 17.6 Å². The summed E-state index contributed by atoms with van der Waals surface area (Å²) in [5.74, 6) is 0.405. The first-order valence-electron chi connectivity index (χ1n) is 7.54. The molecule has 0 fully saturated rings. The maximum Gasteiger partial charge on any atom is 0.231 e. The number of carbonyl (C=O) groups excluding carboxylic acids is 2. The number of rotatable bonds is 2. The molecule has 0 bridgehead atoms. The molecule has 5 nitrogen and oxygen atoms in total. The van der Waals surface area contributed by atoms with Gasteiger partial charge in [0.15, 0.2) is 5.78 Å². The fourth-order valence-corrected chi connectivity index (χ4v) is 2.90. The number of nitrogens with one attached hydrogen (secondary N) is 1. The first-order valence-corrected chi connectivity index (χ1v) is 7.54. The number of fused-ring (bicyclic) bond motifs is 3. The predicted molar refractivity (Wildman–Crippen MR) is 87.4 cm³/mol. The number of hydrogen-bond donors (Lipinski definition) is 1. The Morgan fingerprint density at radius 1 is 1.17 bits per heavy atom. The third kappa shape index (κ3) is 2.21. The Bertz CT molecular complexity index is 928. The predicted octanol–water partition coefficient (Wildman–Crippen LogP) is 2.86. The minimum atomic E-state index is -0.0921. The van der Waals surface area contributed by atoms with E-state index in [1.54, 1.807) is 18.2 Å². The van der Waals surface area contributed by atoms with Gasteiger partial charge >= 0.3 is 0 Å². The topological polar surface area (TPSA) is 64.0 Å². The second-order valence-corrected chi connectivity index (χ2v) is 5.83. The maximum absolute atomic E-state index is 12.5. The van der Waals surface area contributed by atoms with Gasteiger partial charge in [-0.2, -0.15) is 0 Å². The molecular formula is C18H15N3O2. The van der Waals surface area contributed by atoms with Crippen molar-refractivity contribution in [2.75, 3.05) is 5.32 Å². The smallest absolute Gasteiger partial charge is 0.231 e. The molecular weight excluding hydrogens is 290 g/mol. The lowest BCUT2D eigenvalue weighted by molar-refractivity contribution is -0.120. The number of anilines is 1. The lowest BCUT2D eigenvalue weighted by Gasteiger charge is -2.20. The Morgan fingerprint density at radius 3 is 2.74 bits per heavy atom. The number of nitrogens with zero attached hydrogens (tertiary/aromatic N) is 2. The molecule has 1 N–H and O–H groups in total. The maximum atomic E-state index is 12.5. The quantitative estimate of drug-likeness (QED) is 0.740. The molecule has 3 aromatic rings. The van der Waals surface area contributed by atoms with Crippen molar-refractivity contribution in [1.82, 2.24) is 9.55 Å².